The zero-order valence-corrected chi connectivity index (χ0v) is 21.5. The van der Waals surface area contributed by atoms with E-state index in [0.29, 0.717) is 37.2 Å². The van der Waals surface area contributed by atoms with E-state index < -0.39 is 23.3 Å². The molecule has 1 aliphatic heterocycles. The van der Waals surface area contributed by atoms with Crippen LogP contribution < -0.4 is 0 Å². The SMILES string of the molecule is CN(C)Cc1cccc(-c2cc(C(F)(F)F)c3nc(C(=O)N4CC[C@@H](c5ccc(F)cc5)C4)c(Cl)n3c2)c1. The van der Waals surface area contributed by atoms with Gasteiger partial charge in [0, 0.05) is 31.7 Å². The summed E-state index contributed by atoms with van der Waals surface area (Å²) in [5.41, 5.74) is 1.11. The summed E-state index contributed by atoms with van der Waals surface area (Å²) in [7, 11) is 3.82. The highest BCUT2D eigenvalue weighted by molar-refractivity contribution is 6.33. The van der Waals surface area contributed by atoms with Crippen LogP contribution in [0, 0.1) is 5.82 Å². The molecule has 1 saturated heterocycles. The van der Waals surface area contributed by atoms with Gasteiger partial charge >= 0.3 is 6.18 Å². The summed E-state index contributed by atoms with van der Waals surface area (Å²) >= 11 is 6.52. The Bertz CT molecular complexity index is 1500. The molecule has 1 aliphatic rings. The predicted molar refractivity (Wildman–Crippen MR) is 138 cm³/mol. The molecule has 5 rings (SSSR count). The van der Waals surface area contributed by atoms with Gasteiger partial charge in [-0.1, -0.05) is 41.9 Å². The molecule has 3 heterocycles. The van der Waals surface area contributed by atoms with Gasteiger partial charge in [0.1, 0.15) is 11.0 Å². The molecule has 0 bridgehead atoms. The summed E-state index contributed by atoms with van der Waals surface area (Å²) in [5, 5.41) is -0.174. The molecule has 0 spiro atoms. The van der Waals surface area contributed by atoms with Gasteiger partial charge in [0.15, 0.2) is 11.3 Å². The lowest BCUT2D eigenvalue weighted by Crippen LogP contribution is -2.29. The van der Waals surface area contributed by atoms with E-state index in [0.717, 1.165) is 21.6 Å². The third kappa shape index (κ3) is 5.13. The van der Waals surface area contributed by atoms with Crippen LogP contribution in [0.15, 0.2) is 60.8 Å². The van der Waals surface area contributed by atoms with Crippen LogP contribution in [-0.2, 0) is 12.7 Å². The highest BCUT2D eigenvalue weighted by atomic mass is 35.5. The summed E-state index contributed by atoms with van der Waals surface area (Å²) in [4.78, 5) is 20.9. The maximum Gasteiger partial charge on any atom is 0.420 e. The van der Waals surface area contributed by atoms with Gasteiger partial charge in [-0.2, -0.15) is 13.2 Å². The van der Waals surface area contributed by atoms with Crippen LogP contribution in [0.4, 0.5) is 17.6 Å². The van der Waals surface area contributed by atoms with Gasteiger partial charge in [0.25, 0.3) is 5.91 Å². The lowest BCUT2D eigenvalue weighted by molar-refractivity contribution is -0.136. The van der Waals surface area contributed by atoms with Crippen molar-refractivity contribution in [1.82, 2.24) is 19.2 Å². The summed E-state index contributed by atoms with van der Waals surface area (Å²) in [5.74, 6) is -0.895. The molecule has 0 radical (unpaired) electrons. The summed E-state index contributed by atoms with van der Waals surface area (Å²) < 4.78 is 56.9. The van der Waals surface area contributed by atoms with Crippen LogP contribution in [0.3, 0.4) is 0 Å². The number of hydrogen-bond acceptors (Lipinski definition) is 3. The minimum absolute atomic E-state index is 0.0119. The fraction of sp³-hybridized carbons (Fsp3) is 0.286. The fourth-order valence-corrected chi connectivity index (χ4v) is 5.19. The molecule has 1 fully saturated rings. The summed E-state index contributed by atoms with van der Waals surface area (Å²) in [6.45, 7) is 1.35. The Balaban J connectivity index is 1.52. The number of aromatic nitrogens is 2. The Morgan fingerprint density at radius 3 is 2.53 bits per heavy atom. The molecular formula is C28H25ClF4N4O. The number of rotatable bonds is 5. The molecule has 0 unspecified atom stereocenters. The first-order valence-corrected chi connectivity index (χ1v) is 12.5. The van der Waals surface area contributed by atoms with Gasteiger partial charge in [0.05, 0.1) is 5.56 Å². The number of pyridine rings is 1. The number of halogens is 5. The Labute approximate surface area is 222 Å². The number of nitrogens with zero attached hydrogens (tertiary/aromatic N) is 4. The number of benzene rings is 2. The van der Waals surface area contributed by atoms with Crippen molar-refractivity contribution in [3.63, 3.8) is 0 Å². The van der Waals surface area contributed by atoms with Crippen LogP contribution in [0.25, 0.3) is 16.8 Å². The third-order valence-electron chi connectivity index (χ3n) is 6.75. The monoisotopic (exact) mass is 544 g/mol. The maximum atomic E-state index is 14.2. The molecule has 5 nitrogen and oxygen atoms in total. The van der Waals surface area contributed by atoms with E-state index >= 15 is 0 Å². The number of carbonyl (C=O) groups excluding carboxylic acids is 1. The molecule has 1 atom stereocenters. The minimum Gasteiger partial charge on any atom is -0.337 e. The van der Waals surface area contributed by atoms with E-state index in [1.165, 1.54) is 23.2 Å². The molecule has 0 saturated carbocycles. The van der Waals surface area contributed by atoms with Crippen molar-refractivity contribution in [2.75, 3.05) is 27.2 Å². The van der Waals surface area contributed by atoms with Crippen LogP contribution in [-0.4, -0.2) is 52.3 Å². The van der Waals surface area contributed by atoms with Crippen LogP contribution >= 0.6 is 11.6 Å². The fourth-order valence-electron chi connectivity index (χ4n) is 4.94. The Hall–Kier alpha value is -3.43. The third-order valence-corrected chi connectivity index (χ3v) is 7.11. The Kier molecular flexibility index (Phi) is 6.92. The smallest absolute Gasteiger partial charge is 0.337 e. The van der Waals surface area contributed by atoms with E-state index in [1.54, 1.807) is 24.3 Å². The highest BCUT2D eigenvalue weighted by Crippen LogP contribution is 2.38. The number of likely N-dealkylation sites (tertiary alicyclic amines) is 1. The molecule has 38 heavy (non-hydrogen) atoms. The molecule has 2 aromatic heterocycles. The molecular weight excluding hydrogens is 520 g/mol. The van der Waals surface area contributed by atoms with Crippen LogP contribution in [0.2, 0.25) is 5.15 Å². The number of fused-ring (bicyclic) bond motifs is 1. The van der Waals surface area contributed by atoms with E-state index in [4.69, 9.17) is 11.6 Å². The van der Waals surface area contributed by atoms with Crippen molar-refractivity contribution < 1.29 is 22.4 Å². The van der Waals surface area contributed by atoms with Crippen molar-refractivity contribution in [3.8, 4) is 11.1 Å². The van der Waals surface area contributed by atoms with Crippen molar-refractivity contribution in [2.24, 2.45) is 0 Å². The van der Waals surface area contributed by atoms with Crippen molar-refractivity contribution >= 4 is 23.2 Å². The van der Waals surface area contributed by atoms with Crippen molar-refractivity contribution in [3.05, 3.63) is 94.1 Å². The van der Waals surface area contributed by atoms with E-state index in [1.807, 2.05) is 31.1 Å². The minimum atomic E-state index is -4.71. The van der Waals surface area contributed by atoms with E-state index in [9.17, 15) is 22.4 Å². The first-order chi connectivity index (χ1) is 18.0. The largest absolute Gasteiger partial charge is 0.420 e. The molecule has 0 aliphatic carbocycles. The molecule has 4 aromatic rings. The van der Waals surface area contributed by atoms with Gasteiger partial charge in [-0.15, -0.1) is 0 Å². The lowest BCUT2D eigenvalue weighted by atomic mass is 9.99. The molecule has 10 heteroatoms. The van der Waals surface area contributed by atoms with Gasteiger partial charge in [-0.05, 0) is 67.0 Å². The van der Waals surface area contributed by atoms with Crippen LogP contribution in [0.1, 0.15) is 39.5 Å². The number of carbonyl (C=O) groups is 1. The average molecular weight is 545 g/mol. The summed E-state index contributed by atoms with van der Waals surface area (Å²) in [6.07, 6.45) is -2.59. The Morgan fingerprint density at radius 1 is 1.11 bits per heavy atom. The Morgan fingerprint density at radius 2 is 1.84 bits per heavy atom. The van der Waals surface area contributed by atoms with Gasteiger partial charge in [-0.3, -0.25) is 9.20 Å². The number of hydrogen-bond donors (Lipinski definition) is 0. The van der Waals surface area contributed by atoms with E-state index in [-0.39, 0.29) is 22.6 Å². The average Bonchev–Trinajstić information content (AvgIpc) is 3.48. The first kappa shape index (κ1) is 26.2. The standard InChI is InChI=1S/C28H25ClF4N4O/c1-35(2)14-17-4-3-5-19(12-17)21-13-23(28(31,32)33)26-34-24(25(29)37(26)16-21)27(38)36-11-10-20(15-36)18-6-8-22(30)9-7-18/h3-9,12-13,16,20H,10-11,14-15H2,1-2H3/t20-/m1/s1. The highest BCUT2D eigenvalue weighted by Gasteiger charge is 2.37. The molecule has 2 aromatic carbocycles. The van der Waals surface area contributed by atoms with E-state index in [2.05, 4.69) is 4.98 Å². The zero-order valence-electron chi connectivity index (χ0n) is 20.8. The second-order valence-corrected chi connectivity index (χ2v) is 10.2. The first-order valence-electron chi connectivity index (χ1n) is 12.1. The molecule has 198 valence electrons. The second kappa shape index (κ2) is 10.0. The van der Waals surface area contributed by atoms with Gasteiger partial charge in [-0.25, -0.2) is 9.37 Å². The quantitative estimate of drug-likeness (QED) is 0.269. The van der Waals surface area contributed by atoms with Gasteiger partial charge < -0.3 is 9.80 Å². The maximum absolute atomic E-state index is 14.2. The lowest BCUT2D eigenvalue weighted by Gasteiger charge is -2.15. The predicted octanol–water partition coefficient (Wildman–Crippen LogP) is 6.50. The zero-order chi connectivity index (χ0) is 27.2. The molecule has 0 N–H and O–H groups in total. The normalized spacial score (nSPS) is 16.1. The number of imidazole rings is 1. The number of alkyl halides is 3. The second-order valence-electron chi connectivity index (χ2n) is 9.81. The van der Waals surface area contributed by atoms with Crippen molar-refractivity contribution in [1.29, 1.82) is 0 Å². The van der Waals surface area contributed by atoms with Crippen molar-refractivity contribution in [2.45, 2.75) is 25.1 Å². The topological polar surface area (TPSA) is 40.9 Å². The molecule has 1 amide bonds. The number of amides is 1. The van der Waals surface area contributed by atoms with Crippen LogP contribution in [0.5, 0.6) is 0 Å². The van der Waals surface area contributed by atoms with Gasteiger partial charge in [0.2, 0.25) is 0 Å². The summed E-state index contributed by atoms with van der Waals surface area (Å²) in [6, 6.07) is 14.4.